The maximum absolute atomic E-state index is 6.14. The Hall–Kier alpha value is -0.860. The van der Waals surface area contributed by atoms with Crippen molar-refractivity contribution in [1.82, 2.24) is 4.90 Å². The van der Waals surface area contributed by atoms with Gasteiger partial charge in [0.25, 0.3) is 0 Å². The molecule has 1 saturated heterocycles. The Balaban J connectivity index is 1.87. The van der Waals surface area contributed by atoms with Gasteiger partial charge < -0.3 is 5.73 Å². The molecule has 0 amide bonds. The topological polar surface area (TPSA) is 29.3 Å². The van der Waals surface area contributed by atoms with Gasteiger partial charge in [0.2, 0.25) is 0 Å². The molecule has 3 rings (SSSR count). The van der Waals surface area contributed by atoms with Gasteiger partial charge in [-0.1, -0.05) is 51.1 Å². The maximum atomic E-state index is 6.14. The number of fused-ring (bicyclic) bond motifs is 2. The van der Waals surface area contributed by atoms with Gasteiger partial charge in [0.05, 0.1) is 0 Å². The summed E-state index contributed by atoms with van der Waals surface area (Å²) in [5.41, 5.74) is 8.47. The maximum Gasteiger partial charge on any atom is 0.0473 e. The van der Waals surface area contributed by atoms with Gasteiger partial charge in [-0.3, -0.25) is 4.90 Å². The van der Waals surface area contributed by atoms with Crippen LogP contribution >= 0.6 is 0 Å². The molecular weight excluding hydrogens is 244 g/mol. The Morgan fingerprint density at radius 3 is 2.55 bits per heavy atom. The Bertz CT molecular complexity index is 468. The Labute approximate surface area is 123 Å². The lowest BCUT2D eigenvalue weighted by molar-refractivity contribution is 0.118. The predicted molar refractivity (Wildman–Crippen MR) is 84.5 cm³/mol. The van der Waals surface area contributed by atoms with Gasteiger partial charge in [0.15, 0.2) is 0 Å². The standard InChI is InChI=1S/C18H28N2/c1-17(2)9-15-10-18(3,12-17)13-20(15)16(11-19)14-7-5-4-6-8-14/h4-8,15-16H,9-13,19H2,1-3H3. The van der Waals surface area contributed by atoms with Gasteiger partial charge >= 0.3 is 0 Å². The fourth-order valence-electron chi connectivity index (χ4n) is 5.01. The first-order valence-electron chi connectivity index (χ1n) is 7.93. The molecule has 1 aliphatic carbocycles. The fourth-order valence-corrected chi connectivity index (χ4v) is 5.01. The first kappa shape index (κ1) is 14.1. The number of rotatable bonds is 3. The molecule has 1 aliphatic heterocycles. The Morgan fingerprint density at radius 1 is 1.20 bits per heavy atom. The molecule has 3 unspecified atom stereocenters. The van der Waals surface area contributed by atoms with E-state index in [4.69, 9.17) is 5.73 Å². The van der Waals surface area contributed by atoms with Crippen LogP contribution in [0.5, 0.6) is 0 Å². The molecule has 1 heterocycles. The smallest absolute Gasteiger partial charge is 0.0473 e. The van der Waals surface area contributed by atoms with Crippen molar-refractivity contribution in [2.24, 2.45) is 16.6 Å². The molecule has 1 aromatic rings. The summed E-state index contributed by atoms with van der Waals surface area (Å²) >= 11 is 0. The average molecular weight is 272 g/mol. The number of benzene rings is 1. The van der Waals surface area contributed by atoms with Crippen molar-refractivity contribution in [3.05, 3.63) is 35.9 Å². The summed E-state index contributed by atoms with van der Waals surface area (Å²) in [4.78, 5) is 2.70. The number of nitrogens with zero attached hydrogens (tertiary/aromatic N) is 1. The van der Waals surface area contributed by atoms with Gasteiger partial charge in [-0.05, 0) is 35.7 Å². The molecule has 2 fully saturated rings. The Morgan fingerprint density at radius 2 is 1.90 bits per heavy atom. The summed E-state index contributed by atoms with van der Waals surface area (Å²) in [6.07, 6.45) is 4.00. The third kappa shape index (κ3) is 2.51. The van der Waals surface area contributed by atoms with Crippen molar-refractivity contribution >= 4 is 0 Å². The van der Waals surface area contributed by atoms with Crippen LogP contribution in [0.4, 0.5) is 0 Å². The van der Waals surface area contributed by atoms with Crippen LogP contribution in [0.25, 0.3) is 0 Å². The molecule has 2 aliphatic rings. The van der Waals surface area contributed by atoms with E-state index in [0.29, 0.717) is 22.9 Å². The van der Waals surface area contributed by atoms with Crippen molar-refractivity contribution in [1.29, 1.82) is 0 Å². The molecule has 1 saturated carbocycles. The van der Waals surface area contributed by atoms with Gasteiger partial charge in [0, 0.05) is 25.2 Å². The second-order valence-electron chi connectivity index (χ2n) is 8.05. The van der Waals surface area contributed by atoms with E-state index in [1.807, 2.05) is 0 Å². The quantitative estimate of drug-likeness (QED) is 0.911. The fraction of sp³-hybridized carbons (Fsp3) is 0.667. The third-order valence-corrected chi connectivity index (χ3v) is 5.26. The van der Waals surface area contributed by atoms with Crippen LogP contribution in [0.1, 0.15) is 51.6 Å². The zero-order valence-corrected chi connectivity index (χ0v) is 13.1. The van der Waals surface area contributed by atoms with E-state index in [9.17, 15) is 0 Å². The molecular formula is C18H28N2. The summed E-state index contributed by atoms with van der Waals surface area (Å²) in [6, 6.07) is 11.9. The number of nitrogens with two attached hydrogens (primary N) is 1. The van der Waals surface area contributed by atoms with Crippen molar-refractivity contribution in [3.8, 4) is 0 Å². The summed E-state index contributed by atoms with van der Waals surface area (Å²) < 4.78 is 0. The van der Waals surface area contributed by atoms with Crippen LogP contribution < -0.4 is 5.73 Å². The monoisotopic (exact) mass is 272 g/mol. The first-order valence-corrected chi connectivity index (χ1v) is 7.93. The van der Waals surface area contributed by atoms with Crippen molar-refractivity contribution in [2.75, 3.05) is 13.1 Å². The van der Waals surface area contributed by atoms with Gasteiger partial charge in [-0.2, -0.15) is 0 Å². The molecule has 2 heteroatoms. The molecule has 2 bridgehead atoms. The van der Waals surface area contributed by atoms with E-state index in [1.165, 1.54) is 31.4 Å². The largest absolute Gasteiger partial charge is 0.329 e. The molecule has 2 nitrogen and oxygen atoms in total. The van der Waals surface area contributed by atoms with Crippen LogP contribution in [0, 0.1) is 10.8 Å². The SMILES string of the molecule is CC1(C)CC2CC(C)(CN2C(CN)c2ccccc2)C1. The molecule has 0 aromatic heterocycles. The van der Waals surface area contributed by atoms with E-state index in [2.05, 4.69) is 56.0 Å². The zero-order valence-electron chi connectivity index (χ0n) is 13.1. The summed E-state index contributed by atoms with van der Waals surface area (Å²) in [5.74, 6) is 0. The van der Waals surface area contributed by atoms with E-state index in [-0.39, 0.29) is 0 Å². The lowest BCUT2D eigenvalue weighted by Gasteiger charge is -2.40. The second kappa shape index (κ2) is 4.85. The van der Waals surface area contributed by atoms with Crippen LogP contribution in [0.2, 0.25) is 0 Å². The summed E-state index contributed by atoms with van der Waals surface area (Å²) in [7, 11) is 0. The first-order chi connectivity index (χ1) is 9.42. The molecule has 110 valence electrons. The summed E-state index contributed by atoms with van der Waals surface area (Å²) in [5, 5.41) is 0. The minimum absolute atomic E-state index is 0.386. The van der Waals surface area contributed by atoms with Gasteiger partial charge in [-0.25, -0.2) is 0 Å². The third-order valence-electron chi connectivity index (χ3n) is 5.26. The highest BCUT2D eigenvalue weighted by Crippen LogP contribution is 2.54. The molecule has 0 spiro atoms. The molecule has 3 atom stereocenters. The van der Waals surface area contributed by atoms with E-state index >= 15 is 0 Å². The van der Waals surface area contributed by atoms with Crippen LogP contribution in [-0.2, 0) is 0 Å². The molecule has 0 radical (unpaired) electrons. The normalized spacial score (nSPS) is 34.1. The number of likely N-dealkylation sites (tertiary alicyclic amines) is 1. The van der Waals surface area contributed by atoms with E-state index in [0.717, 1.165) is 6.54 Å². The van der Waals surface area contributed by atoms with Crippen molar-refractivity contribution in [2.45, 2.75) is 52.1 Å². The highest BCUT2D eigenvalue weighted by atomic mass is 15.2. The lowest BCUT2D eigenvalue weighted by Crippen LogP contribution is -2.39. The highest BCUT2D eigenvalue weighted by Gasteiger charge is 2.50. The van der Waals surface area contributed by atoms with Crippen molar-refractivity contribution < 1.29 is 0 Å². The highest BCUT2D eigenvalue weighted by molar-refractivity contribution is 5.21. The van der Waals surface area contributed by atoms with Crippen molar-refractivity contribution in [3.63, 3.8) is 0 Å². The van der Waals surface area contributed by atoms with Gasteiger partial charge in [-0.15, -0.1) is 0 Å². The molecule has 1 aromatic carbocycles. The lowest BCUT2D eigenvalue weighted by atomic mass is 9.65. The zero-order chi connectivity index (χ0) is 14.4. The van der Waals surface area contributed by atoms with E-state index in [1.54, 1.807) is 0 Å². The minimum Gasteiger partial charge on any atom is -0.329 e. The average Bonchev–Trinajstić information content (AvgIpc) is 2.61. The number of hydrogen-bond acceptors (Lipinski definition) is 2. The Kier molecular flexibility index (Phi) is 3.42. The van der Waals surface area contributed by atoms with Crippen LogP contribution in [-0.4, -0.2) is 24.0 Å². The second-order valence-corrected chi connectivity index (χ2v) is 8.05. The predicted octanol–water partition coefficient (Wildman–Crippen LogP) is 3.59. The number of hydrogen-bond donors (Lipinski definition) is 1. The minimum atomic E-state index is 0.386. The summed E-state index contributed by atoms with van der Waals surface area (Å²) in [6.45, 7) is 9.26. The van der Waals surface area contributed by atoms with Crippen LogP contribution in [0.15, 0.2) is 30.3 Å². The van der Waals surface area contributed by atoms with Gasteiger partial charge in [0.1, 0.15) is 0 Å². The molecule has 20 heavy (non-hydrogen) atoms. The van der Waals surface area contributed by atoms with Crippen LogP contribution in [0.3, 0.4) is 0 Å². The van der Waals surface area contributed by atoms with E-state index < -0.39 is 0 Å². The molecule has 2 N–H and O–H groups in total.